The Labute approximate surface area is 67.6 Å². The van der Waals surface area contributed by atoms with E-state index in [1.807, 2.05) is 6.21 Å². The third-order valence-electron chi connectivity index (χ3n) is 2.32. The molecular formula is C9H14N2. The van der Waals surface area contributed by atoms with Gasteiger partial charge in [0.15, 0.2) is 0 Å². The summed E-state index contributed by atoms with van der Waals surface area (Å²) in [7, 11) is 0. The Balaban J connectivity index is 1.84. The second-order valence-corrected chi connectivity index (χ2v) is 3.26. The van der Waals surface area contributed by atoms with Gasteiger partial charge < -0.3 is 0 Å². The first kappa shape index (κ1) is 7.04. The monoisotopic (exact) mass is 150 g/mol. The summed E-state index contributed by atoms with van der Waals surface area (Å²) in [6, 6.07) is 0. The van der Waals surface area contributed by atoms with Crippen molar-refractivity contribution >= 4 is 6.21 Å². The Bertz CT molecular complexity index is 188. The highest BCUT2D eigenvalue weighted by atomic mass is 15.1. The van der Waals surface area contributed by atoms with Gasteiger partial charge in [0, 0.05) is 12.8 Å². The van der Waals surface area contributed by atoms with Crippen molar-refractivity contribution in [1.82, 2.24) is 4.90 Å². The van der Waals surface area contributed by atoms with Crippen LogP contribution >= 0.6 is 0 Å². The van der Waals surface area contributed by atoms with Crippen molar-refractivity contribution in [2.75, 3.05) is 26.2 Å². The van der Waals surface area contributed by atoms with Crippen LogP contribution in [0.5, 0.6) is 0 Å². The molecule has 1 fully saturated rings. The smallest absolute Gasteiger partial charge is 0.0577 e. The summed E-state index contributed by atoms with van der Waals surface area (Å²) in [4.78, 5) is 6.67. The number of hydrogen-bond acceptors (Lipinski definition) is 2. The maximum Gasteiger partial charge on any atom is 0.0577 e. The Morgan fingerprint density at radius 2 is 2.18 bits per heavy atom. The Kier molecular flexibility index (Phi) is 2.04. The zero-order valence-corrected chi connectivity index (χ0v) is 6.79. The first-order valence-electron chi connectivity index (χ1n) is 4.36. The molecule has 60 valence electrons. The third-order valence-corrected chi connectivity index (χ3v) is 2.32. The van der Waals surface area contributed by atoms with Crippen molar-refractivity contribution in [2.24, 2.45) is 4.99 Å². The molecule has 0 radical (unpaired) electrons. The number of rotatable bonds is 2. The molecule has 2 aliphatic rings. The molecule has 2 aliphatic heterocycles. The minimum Gasteiger partial charge on any atom is -0.299 e. The summed E-state index contributed by atoms with van der Waals surface area (Å²) >= 11 is 0. The summed E-state index contributed by atoms with van der Waals surface area (Å²) < 4.78 is 0. The maximum absolute atomic E-state index is 4.16. The zero-order chi connectivity index (χ0) is 7.52. The molecule has 0 aromatic carbocycles. The van der Waals surface area contributed by atoms with Crippen molar-refractivity contribution in [3.63, 3.8) is 0 Å². The van der Waals surface area contributed by atoms with Crippen LogP contribution in [0.15, 0.2) is 16.6 Å². The van der Waals surface area contributed by atoms with Gasteiger partial charge >= 0.3 is 0 Å². The van der Waals surface area contributed by atoms with Gasteiger partial charge in [0.2, 0.25) is 0 Å². The maximum atomic E-state index is 4.16. The summed E-state index contributed by atoms with van der Waals surface area (Å²) in [6.45, 7) is 4.60. The van der Waals surface area contributed by atoms with Gasteiger partial charge in [-0.2, -0.15) is 0 Å². The second-order valence-electron chi connectivity index (χ2n) is 3.26. The molecule has 0 aliphatic carbocycles. The largest absolute Gasteiger partial charge is 0.299 e. The van der Waals surface area contributed by atoms with E-state index in [0.717, 1.165) is 13.1 Å². The van der Waals surface area contributed by atoms with Gasteiger partial charge in [0.25, 0.3) is 0 Å². The fraction of sp³-hybridized carbons (Fsp3) is 0.667. The van der Waals surface area contributed by atoms with Crippen LogP contribution in [0.4, 0.5) is 0 Å². The van der Waals surface area contributed by atoms with Crippen LogP contribution in [-0.2, 0) is 0 Å². The zero-order valence-electron chi connectivity index (χ0n) is 6.79. The molecule has 0 N–H and O–H groups in total. The molecule has 0 saturated carbocycles. The van der Waals surface area contributed by atoms with Crippen LogP contribution in [-0.4, -0.2) is 37.3 Å². The Morgan fingerprint density at radius 1 is 1.36 bits per heavy atom. The van der Waals surface area contributed by atoms with E-state index in [4.69, 9.17) is 0 Å². The van der Waals surface area contributed by atoms with Crippen LogP contribution in [0.2, 0.25) is 0 Å². The SMILES string of the molecule is C1=NCC=C1CN1CCCC1. The lowest BCUT2D eigenvalue weighted by Gasteiger charge is -2.13. The third kappa shape index (κ3) is 1.69. The predicted octanol–water partition coefficient (Wildman–Crippen LogP) is 1.09. The minimum atomic E-state index is 0.906. The van der Waals surface area contributed by atoms with E-state index in [9.17, 15) is 0 Å². The molecule has 0 aromatic heterocycles. The Hall–Kier alpha value is -0.630. The van der Waals surface area contributed by atoms with Gasteiger partial charge in [0.1, 0.15) is 0 Å². The van der Waals surface area contributed by atoms with Crippen LogP contribution in [0.25, 0.3) is 0 Å². The van der Waals surface area contributed by atoms with Crippen LogP contribution in [0, 0.1) is 0 Å². The molecule has 2 heteroatoms. The second kappa shape index (κ2) is 3.18. The van der Waals surface area contributed by atoms with Crippen LogP contribution < -0.4 is 0 Å². The van der Waals surface area contributed by atoms with E-state index in [1.54, 1.807) is 0 Å². The normalized spacial score (nSPS) is 24.5. The van der Waals surface area contributed by atoms with E-state index >= 15 is 0 Å². The molecule has 2 rings (SSSR count). The van der Waals surface area contributed by atoms with Gasteiger partial charge in [-0.25, -0.2) is 0 Å². The number of likely N-dealkylation sites (tertiary alicyclic amines) is 1. The van der Waals surface area contributed by atoms with Crippen molar-refractivity contribution in [1.29, 1.82) is 0 Å². The predicted molar refractivity (Wildman–Crippen MR) is 47.1 cm³/mol. The van der Waals surface area contributed by atoms with E-state index in [0.29, 0.717) is 0 Å². The number of hydrogen-bond donors (Lipinski definition) is 0. The van der Waals surface area contributed by atoms with Crippen molar-refractivity contribution < 1.29 is 0 Å². The first-order chi connectivity index (χ1) is 5.45. The molecule has 2 heterocycles. The lowest BCUT2D eigenvalue weighted by atomic mass is 10.3. The highest BCUT2D eigenvalue weighted by Crippen LogP contribution is 2.10. The van der Waals surface area contributed by atoms with Gasteiger partial charge in [-0.1, -0.05) is 6.08 Å². The Morgan fingerprint density at radius 3 is 2.82 bits per heavy atom. The van der Waals surface area contributed by atoms with Gasteiger partial charge in [0.05, 0.1) is 6.54 Å². The topological polar surface area (TPSA) is 15.6 Å². The summed E-state index contributed by atoms with van der Waals surface area (Å²) in [6.07, 6.45) is 6.99. The number of nitrogens with zero attached hydrogens (tertiary/aromatic N) is 2. The van der Waals surface area contributed by atoms with E-state index < -0.39 is 0 Å². The first-order valence-corrected chi connectivity index (χ1v) is 4.36. The van der Waals surface area contributed by atoms with Crippen LogP contribution in [0.3, 0.4) is 0 Å². The van der Waals surface area contributed by atoms with Crippen molar-refractivity contribution in [3.05, 3.63) is 11.6 Å². The molecule has 0 unspecified atom stereocenters. The molecule has 0 atom stereocenters. The summed E-state index contributed by atoms with van der Waals surface area (Å²) in [5, 5.41) is 0. The molecule has 11 heavy (non-hydrogen) atoms. The average Bonchev–Trinajstić information content (AvgIpc) is 2.60. The van der Waals surface area contributed by atoms with E-state index in [2.05, 4.69) is 16.0 Å². The van der Waals surface area contributed by atoms with E-state index in [1.165, 1.54) is 31.5 Å². The fourth-order valence-corrected chi connectivity index (χ4v) is 1.70. The van der Waals surface area contributed by atoms with E-state index in [-0.39, 0.29) is 0 Å². The molecule has 2 nitrogen and oxygen atoms in total. The van der Waals surface area contributed by atoms with Crippen LogP contribution in [0.1, 0.15) is 12.8 Å². The lowest BCUT2D eigenvalue weighted by molar-refractivity contribution is 0.373. The van der Waals surface area contributed by atoms with Crippen molar-refractivity contribution in [2.45, 2.75) is 12.8 Å². The van der Waals surface area contributed by atoms with Gasteiger partial charge in [-0.15, -0.1) is 0 Å². The highest BCUT2D eigenvalue weighted by molar-refractivity contribution is 5.81. The molecule has 0 spiro atoms. The molecular weight excluding hydrogens is 136 g/mol. The minimum absolute atomic E-state index is 0.906. The standard InChI is InChI=1S/C9H14N2/c1-2-6-11(5-1)8-9-3-4-10-7-9/h3,7H,1-2,4-6,8H2. The molecule has 0 aromatic rings. The molecule has 1 saturated heterocycles. The average molecular weight is 150 g/mol. The fourth-order valence-electron chi connectivity index (χ4n) is 1.70. The van der Waals surface area contributed by atoms with Gasteiger partial charge in [-0.3, -0.25) is 9.89 Å². The highest BCUT2D eigenvalue weighted by Gasteiger charge is 2.12. The quantitative estimate of drug-likeness (QED) is 0.575. The van der Waals surface area contributed by atoms with Gasteiger partial charge in [-0.05, 0) is 31.5 Å². The van der Waals surface area contributed by atoms with Crippen molar-refractivity contribution in [3.8, 4) is 0 Å². The summed E-state index contributed by atoms with van der Waals surface area (Å²) in [5.41, 5.74) is 1.41. The molecule has 0 amide bonds. The number of aliphatic imine (C=N–C) groups is 1. The summed E-state index contributed by atoms with van der Waals surface area (Å²) in [5.74, 6) is 0. The lowest BCUT2D eigenvalue weighted by Crippen LogP contribution is -2.21. The molecule has 0 bridgehead atoms.